The molecule has 2 aromatic heterocycles. The van der Waals surface area contributed by atoms with Gasteiger partial charge in [0, 0.05) is 72.5 Å². The van der Waals surface area contributed by atoms with Crippen molar-refractivity contribution in [2.75, 3.05) is 13.1 Å². The number of hydrogen-bond acceptors (Lipinski definition) is 8. The number of carbonyl (C=O) groups is 6. The number of nitrogens with zero attached hydrogens (tertiary/aromatic N) is 1. The van der Waals surface area contributed by atoms with E-state index in [1.54, 1.807) is 24.5 Å². The Morgan fingerprint density at radius 1 is 0.700 bits per heavy atom. The van der Waals surface area contributed by atoms with E-state index in [4.69, 9.17) is 17.2 Å². The second-order valence-electron chi connectivity index (χ2n) is 15.4. The van der Waals surface area contributed by atoms with Crippen molar-refractivity contribution in [1.82, 2.24) is 36.1 Å². The molecule has 1 aliphatic heterocycles. The fourth-order valence-corrected chi connectivity index (χ4v) is 7.70. The minimum atomic E-state index is -1.22. The monoisotopic (exact) mass is 818 g/mol. The third-order valence-electron chi connectivity index (χ3n) is 11.0. The molecule has 0 radical (unpaired) electrons. The molecule has 3 aromatic carbocycles. The highest BCUT2D eigenvalue weighted by Gasteiger charge is 2.38. The van der Waals surface area contributed by atoms with Crippen molar-refractivity contribution in [3.05, 3.63) is 108 Å². The normalized spacial score (nSPS) is 16.5. The molecule has 60 heavy (non-hydrogen) atoms. The zero-order valence-corrected chi connectivity index (χ0v) is 33.6. The average Bonchev–Trinajstić information content (AvgIpc) is 3.94. The van der Waals surface area contributed by atoms with Crippen LogP contribution in [-0.2, 0) is 48.0 Å². The van der Waals surface area contributed by atoms with Crippen molar-refractivity contribution in [1.29, 1.82) is 0 Å². The van der Waals surface area contributed by atoms with Crippen LogP contribution in [0.4, 0.5) is 0 Å². The van der Waals surface area contributed by atoms with E-state index in [0.717, 1.165) is 38.5 Å². The first-order valence-corrected chi connectivity index (χ1v) is 20.3. The Morgan fingerprint density at radius 2 is 1.25 bits per heavy atom. The zero-order valence-electron chi connectivity index (χ0n) is 33.6. The lowest BCUT2D eigenvalue weighted by Crippen LogP contribution is -2.59. The van der Waals surface area contributed by atoms with Gasteiger partial charge in [-0.05, 0) is 61.6 Å². The first-order chi connectivity index (χ1) is 28.9. The van der Waals surface area contributed by atoms with Crippen LogP contribution in [0.25, 0.3) is 21.8 Å². The lowest BCUT2D eigenvalue weighted by atomic mass is 10.0. The highest BCUT2D eigenvalue weighted by Crippen LogP contribution is 2.24. The maximum absolute atomic E-state index is 14.4. The number of carbonyl (C=O) groups excluding carboxylic acids is 6. The number of primary amides is 1. The molecule has 0 saturated carbocycles. The topological polar surface area (TPSA) is 263 Å². The maximum atomic E-state index is 14.4. The van der Waals surface area contributed by atoms with E-state index >= 15 is 0 Å². The summed E-state index contributed by atoms with van der Waals surface area (Å²) >= 11 is 0. The Hall–Kier alpha value is -6.52. The molecule has 6 rings (SSSR count). The van der Waals surface area contributed by atoms with E-state index in [-0.39, 0.29) is 44.6 Å². The molecule has 1 aliphatic rings. The molecular weight excluding hydrogens is 765 g/mol. The molecule has 16 nitrogen and oxygen atoms in total. The quantitative estimate of drug-likeness (QED) is 0.0514. The van der Waals surface area contributed by atoms with Crippen molar-refractivity contribution >= 4 is 57.2 Å². The van der Waals surface area contributed by atoms with Gasteiger partial charge in [0.2, 0.25) is 35.4 Å². The molecule has 316 valence electrons. The van der Waals surface area contributed by atoms with Gasteiger partial charge in [-0.2, -0.15) is 0 Å². The number of benzene rings is 3. The van der Waals surface area contributed by atoms with Crippen LogP contribution in [0.5, 0.6) is 0 Å². The second kappa shape index (κ2) is 20.0. The van der Waals surface area contributed by atoms with Crippen molar-refractivity contribution in [3.63, 3.8) is 0 Å². The van der Waals surface area contributed by atoms with Crippen LogP contribution in [0.15, 0.2) is 91.3 Å². The molecule has 6 unspecified atom stereocenters. The van der Waals surface area contributed by atoms with Crippen molar-refractivity contribution in [2.24, 2.45) is 17.2 Å². The molecule has 0 bridgehead atoms. The molecule has 5 aromatic rings. The number of nitrogens with two attached hydrogens (primary N) is 3. The molecule has 12 N–H and O–H groups in total. The number of fused-ring (bicyclic) bond motifs is 2. The minimum absolute atomic E-state index is 0.0221. The van der Waals surface area contributed by atoms with Crippen LogP contribution in [0.2, 0.25) is 0 Å². The summed E-state index contributed by atoms with van der Waals surface area (Å²) < 4.78 is 0. The summed E-state index contributed by atoms with van der Waals surface area (Å²) in [7, 11) is 0. The second-order valence-corrected chi connectivity index (χ2v) is 15.4. The molecular formula is C44H54N10O6. The lowest BCUT2D eigenvalue weighted by molar-refractivity contribution is -0.139. The van der Waals surface area contributed by atoms with E-state index in [9.17, 15) is 28.8 Å². The molecule has 6 atom stereocenters. The van der Waals surface area contributed by atoms with E-state index in [1.165, 1.54) is 11.8 Å². The number of aromatic amines is 2. The summed E-state index contributed by atoms with van der Waals surface area (Å²) in [6.07, 6.45) is 5.37. The number of H-pyrrole nitrogens is 2. The van der Waals surface area contributed by atoms with E-state index < -0.39 is 65.8 Å². The Bertz CT molecular complexity index is 2310. The number of likely N-dealkylation sites (tertiary alicyclic amines) is 1. The number of para-hydroxylation sites is 2. The summed E-state index contributed by atoms with van der Waals surface area (Å²) in [5.41, 5.74) is 21.4. The van der Waals surface area contributed by atoms with Crippen LogP contribution >= 0.6 is 0 Å². The molecule has 6 amide bonds. The third kappa shape index (κ3) is 10.7. The van der Waals surface area contributed by atoms with Gasteiger partial charge < -0.3 is 53.3 Å². The Kier molecular flexibility index (Phi) is 14.3. The van der Waals surface area contributed by atoms with Crippen LogP contribution in [0, 0.1) is 0 Å². The number of unbranched alkanes of at least 4 members (excludes halogenated alkanes) is 1. The van der Waals surface area contributed by atoms with Crippen LogP contribution < -0.4 is 38.5 Å². The number of aromatic nitrogens is 2. The molecule has 1 fully saturated rings. The standard InChI is InChI=1S/C44H54N10O6/c1-26(50-44(60)38(54-25-30(46)22-39(54)55)21-29-24-49-34-16-8-6-14-32(29)34)41(57)52-37(20-28-23-48-33-15-7-5-13-31(28)33)43(59)53-36(19-27-11-3-2-4-12-27)42(58)51-35(40(47)56)17-9-10-18-45/h2-8,11-16,23-24,26,30,35-38,48-49H,9-10,17-22,25,45-46H2,1H3,(H2,47,56)(H,50,60)(H,51,58)(H,52,57)(H,53,59). The SMILES string of the molecule is CC(NC(=O)C(Cc1c[nH]c2ccccc12)N1CC(N)CC1=O)C(=O)NC(Cc1c[nH]c2ccccc12)C(=O)NC(Cc1ccccc1)C(=O)NC(CCCCN)C(N)=O. The number of rotatable bonds is 20. The fraction of sp³-hybridized carbons (Fsp3) is 0.364. The summed E-state index contributed by atoms with van der Waals surface area (Å²) in [5, 5.41) is 12.9. The van der Waals surface area contributed by atoms with E-state index in [0.29, 0.717) is 19.4 Å². The highest BCUT2D eigenvalue weighted by molar-refractivity contribution is 5.97. The average molecular weight is 819 g/mol. The van der Waals surface area contributed by atoms with Crippen LogP contribution in [-0.4, -0.2) is 99.7 Å². The molecule has 3 heterocycles. The smallest absolute Gasteiger partial charge is 0.243 e. The van der Waals surface area contributed by atoms with Crippen molar-refractivity contribution < 1.29 is 28.8 Å². The maximum Gasteiger partial charge on any atom is 0.243 e. The van der Waals surface area contributed by atoms with Gasteiger partial charge in [-0.3, -0.25) is 28.8 Å². The van der Waals surface area contributed by atoms with Gasteiger partial charge in [0.25, 0.3) is 0 Å². The summed E-state index contributed by atoms with van der Waals surface area (Å²) in [6.45, 7) is 2.09. The Labute approximate surface area is 347 Å². The van der Waals surface area contributed by atoms with Gasteiger partial charge >= 0.3 is 0 Å². The largest absolute Gasteiger partial charge is 0.368 e. The Morgan fingerprint density at radius 3 is 1.83 bits per heavy atom. The fourth-order valence-electron chi connectivity index (χ4n) is 7.70. The highest BCUT2D eigenvalue weighted by atomic mass is 16.2. The van der Waals surface area contributed by atoms with Crippen LogP contribution in [0.1, 0.15) is 49.3 Å². The first-order valence-electron chi connectivity index (χ1n) is 20.3. The van der Waals surface area contributed by atoms with E-state index in [2.05, 4.69) is 31.2 Å². The predicted octanol–water partition coefficient (Wildman–Crippen LogP) is 1.18. The van der Waals surface area contributed by atoms with Crippen molar-refractivity contribution in [2.45, 2.75) is 88.1 Å². The lowest BCUT2D eigenvalue weighted by Gasteiger charge is -2.29. The first kappa shape index (κ1) is 43.1. The van der Waals surface area contributed by atoms with Gasteiger partial charge in [0.05, 0.1) is 0 Å². The number of nitrogens with one attached hydrogen (secondary N) is 6. The van der Waals surface area contributed by atoms with Gasteiger partial charge in [0.1, 0.15) is 30.2 Å². The Balaban J connectivity index is 1.23. The van der Waals surface area contributed by atoms with Crippen molar-refractivity contribution in [3.8, 4) is 0 Å². The van der Waals surface area contributed by atoms with Gasteiger partial charge in [0.15, 0.2) is 0 Å². The third-order valence-corrected chi connectivity index (χ3v) is 11.0. The van der Waals surface area contributed by atoms with Gasteiger partial charge in [-0.1, -0.05) is 66.7 Å². The number of hydrogen-bond donors (Lipinski definition) is 9. The predicted molar refractivity (Wildman–Crippen MR) is 228 cm³/mol. The van der Waals surface area contributed by atoms with Gasteiger partial charge in [-0.15, -0.1) is 0 Å². The zero-order chi connectivity index (χ0) is 42.8. The molecule has 0 spiro atoms. The molecule has 16 heteroatoms. The summed E-state index contributed by atoms with van der Waals surface area (Å²) in [6, 6.07) is 18.3. The summed E-state index contributed by atoms with van der Waals surface area (Å²) in [4.78, 5) is 89.7. The molecule has 1 saturated heterocycles. The summed E-state index contributed by atoms with van der Waals surface area (Å²) in [5.74, 6) is -3.50. The van der Waals surface area contributed by atoms with Gasteiger partial charge in [-0.25, -0.2) is 0 Å². The van der Waals surface area contributed by atoms with Crippen LogP contribution in [0.3, 0.4) is 0 Å². The van der Waals surface area contributed by atoms with E-state index in [1.807, 2.05) is 66.7 Å². The minimum Gasteiger partial charge on any atom is -0.368 e. The number of amides is 6. The molecule has 0 aliphatic carbocycles.